The van der Waals surface area contributed by atoms with Crippen LogP contribution in [0.5, 0.6) is 0 Å². The highest BCUT2D eigenvalue weighted by Crippen LogP contribution is 2.09. The van der Waals surface area contributed by atoms with Crippen molar-refractivity contribution in [2.24, 2.45) is 0 Å². The summed E-state index contributed by atoms with van der Waals surface area (Å²) in [7, 11) is 5.21. The highest BCUT2D eigenvalue weighted by atomic mass is 16.2. The van der Waals surface area contributed by atoms with Crippen LogP contribution in [0.4, 0.5) is 11.6 Å². The third-order valence-electron chi connectivity index (χ3n) is 1.94. The summed E-state index contributed by atoms with van der Waals surface area (Å²) in [4.78, 5) is 22.5. The molecule has 0 saturated carbocycles. The molecule has 0 aliphatic rings. The van der Waals surface area contributed by atoms with E-state index >= 15 is 0 Å². The predicted octanol–water partition coefficient (Wildman–Crippen LogP) is -0.417. The van der Waals surface area contributed by atoms with E-state index in [0.29, 0.717) is 11.6 Å². The lowest BCUT2D eigenvalue weighted by Gasteiger charge is -2.19. The number of aromatic nitrogens is 2. The van der Waals surface area contributed by atoms with Gasteiger partial charge in [-0.15, -0.1) is 0 Å². The lowest BCUT2D eigenvalue weighted by atomic mass is 10.4. The third kappa shape index (κ3) is 3.08. The number of nitrogen functional groups attached to an aromatic ring is 1. The Kier molecular flexibility index (Phi) is 3.43. The van der Waals surface area contributed by atoms with Crippen molar-refractivity contribution >= 4 is 17.5 Å². The van der Waals surface area contributed by atoms with Gasteiger partial charge >= 0.3 is 0 Å². The first kappa shape index (κ1) is 11.2. The number of rotatable bonds is 3. The van der Waals surface area contributed by atoms with Crippen molar-refractivity contribution < 1.29 is 4.79 Å². The van der Waals surface area contributed by atoms with Gasteiger partial charge in [0.15, 0.2) is 0 Å². The third-order valence-corrected chi connectivity index (χ3v) is 1.94. The van der Waals surface area contributed by atoms with E-state index in [1.165, 1.54) is 11.2 Å². The molecule has 0 bridgehead atoms. The Bertz CT molecular complexity index is 352. The van der Waals surface area contributed by atoms with Gasteiger partial charge in [-0.3, -0.25) is 4.79 Å². The quantitative estimate of drug-likeness (QED) is 0.732. The standard InChI is InChI=1S/C9H15N5O/c1-13(2)9(15)5-14(3)8-4-7(10)11-6-12-8/h4,6H,5H2,1-3H3,(H2,10,11,12). The van der Waals surface area contributed by atoms with Gasteiger partial charge in [0.25, 0.3) is 0 Å². The van der Waals surface area contributed by atoms with E-state index in [1.54, 1.807) is 32.1 Å². The molecule has 0 aliphatic heterocycles. The fourth-order valence-electron chi connectivity index (χ4n) is 0.996. The summed E-state index contributed by atoms with van der Waals surface area (Å²) < 4.78 is 0. The Morgan fingerprint density at radius 1 is 1.40 bits per heavy atom. The zero-order valence-corrected chi connectivity index (χ0v) is 9.14. The van der Waals surface area contributed by atoms with Crippen molar-refractivity contribution in [3.63, 3.8) is 0 Å². The maximum Gasteiger partial charge on any atom is 0.241 e. The van der Waals surface area contributed by atoms with Crippen LogP contribution in [0.15, 0.2) is 12.4 Å². The molecule has 0 spiro atoms. The van der Waals surface area contributed by atoms with Crippen molar-refractivity contribution in [1.82, 2.24) is 14.9 Å². The van der Waals surface area contributed by atoms with Gasteiger partial charge in [-0.2, -0.15) is 0 Å². The predicted molar refractivity (Wildman–Crippen MR) is 58.4 cm³/mol. The highest BCUT2D eigenvalue weighted by molar-refractivity contribution is 5.80. The monoisotopic (exact) mass is 209 g/mol. The van der Waals surface area contributed by atoms with E-state index in [1.807, 2.05) is 0 Å². The molecule has 0 atom stereocenters. The van der Waals surface area contributed by atoms with Gasteiger partial charge in [0.05, 0.1) is 6.54 Å². The summed E-state index contributed by atoms with van der Waals surface area (Å²) in [6.07, 6.45) is 1.38. The molecule has 1 heterocycles. The molecule has 15 heavy (non-hydrogen) atoms. The zero-order valence-electron chi connectivity index (χ0n) is 9.14. The van der Waals surface area contributed by atoms with Crippen LogP contribution in [-0.4, -0.2) is 48.5 Å². The van der Waals surface area contributed by atoms with Crippen LogP contribution in [0.25, 0.3) is 0 Å². The molecule has 2 N–H and O–H groups in total. The molecule has 6 heteroatoms. The molecular weight excluding hydrogens is 194 g/mol. The van der Waals surface area contributed by atoms with E-state index in [9.17, 15) is 4.79 Å². The Morgan fingerprint density at radius 3 is 2.60 bits per heavy atom. The molecule has 82 valence electrons. The first-order valence-corrected chi connectivity index (χ1v) is 4.49. The number of carbonyl (C=O) groups is 1. The Labute approximate surface area is 88.7 Å². The van der Waals surface area contributed by atoms with E-state index in [-0.39, 0.29) is 12.5 Å². The lowest BCUT2D eigenvalue weighted by Crippen LogP contribution is -2.34. The topological polar surface area (TPSA) is 75.4 Å². The van der Waals surface area contributed by atoms with Crippen molar-refractivity contribution in [2.75, 3.05) is 38.3 Å². The molecule has 1 rings (SSSR count). The number of likely N-dealkylation sites (N-methyl/N-ethyl adjacent to an activating group) is 2. The lowest BCUT2D eigenvalue weighted by molar-refractivity contribution is -0.127. The maximum absolute atomic E-state index is 11.4. The summed E-state index contributed by atoms with van der Waals surface area (Å²) in [6, 6.07) is 1.63. The van der Waals surface area contributed by atoms with E-state index in [4.69, 9.17) is 5.73 Å². The van der Waals surface area contributed by atoms with Crippen molar-refractivity contribution in [2.45, 2.75) is 0 Å². The smallest absolute Gasteiger partial charge is 0.241 e. The summed E-state index contributed by atoms with van der Waals surface area (Å²) in [5.74, 6) is 1.04. The second kappa shape index (κ2) is 4.59. The molecule has 1 amide bonds. The molecule has 6 nitrogen and oxygen atoms in total. The molecule has 0 unspecified atom stereocenters. The molecule has 0 fully saturated rings. The second-order valence-electron chi connectivity index (χ2n) is 3.45. The van der Waals surface area contributed by atoms with Crippen molar-refractivity contribution in [3.8, 4) is 0 Å². The molecule has 0 aromatic carbocycles. The summed E-state index contributed by atoms with van der Waals surface area (Å²) in [6.45, 7) is 0.267. The van der Waals surface area contributed by atoms with E-state index in [0.717, 1.165) is 0 Å². The maximum atomic E-state index is 11.4. The van der Waals surface area contributed by atoms with E-state index < -0.39 is 0 Å². The van der Waals surface area contributed by atoms with E-state index in [2.05, 4.69) is 9.97 Å². The number of nitrogens with two attached hydrogens (primary N) is 1. The Hall–Kier alpha value is -1.85. The minimum atomic E-state index is 0.00897. The first-order valence-electron chi connectivity index (χ1n) is 4.49. The number of carbonyl (C=O) groups excluding carboxylic acids is 1. The van der Waals surface area contributed by atoms with Gasteiger partial charge in [-0.1, -0.05) is 0 Å². The number of nitrogens with zero attached hydrogens (tertiary/aromatic N) is 4. The van der Waals surface area contributed by atoms with Gasteiger partial charge in [0.2, 0.25) is 5.91 Å². The van der Waals surface area contributed by atoms with Crippen LogP contribution in [0.3, 0.4) is 0 Å². The van der Waals surface area contributed by atoms with Gasteiger partial charge in [-0.05, 0) is 0 Å². The first-order chi connectivity index (χ1) is 7.00. The largest absolute Gasteiger partial charge is 0.384 e. The number of hydrogen-bond acceptors (Lipinski definition) is 5. The number of hydrogen-bond donors (Lipinski definition) is 1. The summed E-state index contributed by atoms with van der Waals surface area (Å²) in [5.41, 5.74) is 5.51. The van der Waals surface area contributed by atoms with Crippen LogP contribution < -0.4 is 10.6 Å². The average molecular weight is 209 g/mol. The van der Waals surface area contributed by atoms with Crippen LogP contribution >= 0.6 is 0 Å². The number of amides is 1. The average Bonchev–Trinajstić information content (AvgIpc) is 2.17. The zero-order chi connectivity index (χ0) is 11.4. The van der Waals surface area contributed by atoms with Crippen LogP contribution in [0.2, 0.25) is 0 Å². The van der Waals surface area contributed by atoms with Gasteiger partial charge < -0.3 is 15.5 Å². The number of anilines is 2. The van der Waals surface area contributed by atoms with Crippen LogP contribution in [0, 0.1) is 0 Å². The molecular formula is C9H15N5O. The van der Waals surface area contributed by atoms with Gasteiger partial charge in [0, 0.05) is 27.2 Å². The second-order valence-corrected chi connectivity index (χ2v) is 3.45. The van der Waals surface area contributed by atoms with Gasteiger partial charge in [-0.25, -0.2) is 9.97 Å². The van der Waals surface area contributed by atoms with Crippen LogP contribution in [-0.2, 0) is 4.79 Å². The minimum absolute atomic E-state index is 0.00897. The van der Waals surface area contributed by atoms with Crippen LogP contribution in [0.1, 0.15) is 0 Å². The summed E-state index contributed by atoms with van der Waals surface area (Å²) >= 11 is 0. The molecule has 1 aromatic rings. The Morgan fingerprint density at radius 2 is 2.07 bits per heavy atom. The SMILES string of the molecule is CN(C)C(=O)CN(C)c1cc(N)ncn1. The van der Waals surface area contributed by atoms with Crippen molar-refractivity contribution in [1.29, 1.82) is 0 Å². The highest BCUT2D eigenvalue weighted by Gasteiger charge is 2.10. The normalized spacial score (nSPS) is 9.80. The summed E-state index contributed by atoms with van der Waals surface area (Å²) in [5, 5.41) is 0. The van der Waals surface area contributed by atoms with Gasteiger partial charge in [0.1, 0.15) is 18.0 Å². The molecule has 0 saturated heterocycles. The van der Waals surface area contributed by atoms with Crippen molar-refractivity contribution in [3.05, 3.63) is 12.4 Å². The Balaban J connectivity index is 2.69. The minimum Gasteiger partial charge on any atom is -0.384 e. The molecule has 1 aromatic heterocycles. The fourth-order valence-corrected chi connectivity index (χ4v) is 0.996. The fraction of sp³-hybridized carbons (Fsp3) is 0.444. The molecule has 0 aliphatic carbocycles. The molecule has 0 radical (unpaired) electrons.